The molecule has 49 heavy (non-hydrogen) atoms. The third-order valence-corrected chi connectivity index (χ3v) is 7.68. The summed E-state index contributed by atoms with van der Waals surface area (Å²) >= 11 is 1.42. The van der Waals surface area contributed by atoms with Crippen LogP contribution in [0.3, 0.4) is 0 Å². The molecule has 0 aromatic heterocycles. The lowest BCUT2D eigenvalue weighted by Crippen LogP contribution is -2.57. The van der Waals surface area contributed by atoms with Crippen LogP contribution in [0.2, 0.25) is 0 Å². The summed E-state index contributed by atoms with van der Waals surface area (Å²) in [5.41, 5.74) is 16.9. The van der Waals surface area contributed by atoms with Crippen LogP contribution in [0.5, 0.6) is 0 Å². The van der Waals surface area contributed by atoms with E-state index in [0.29, 0.717) is 11.3 Å². The lowest BCUT2D eigenvalue weighted by atomic mass is 10.0. The van der Waals surface area contributed by atoms with Gasteiger partial charge in [-0.05, 0) is 49.2 Å². The molecule has 0 saturated carbocycles. The third-order valence-electron chi connectivity index (χ3n) is 7.03. The Morgan fingerprint density at radius 1 is 0.837 bits per heavy atom. The maximum atomic E-state index is 13.4. The Morgan fingerprint density at radius 2 is 1.45 bits per heavy atom. The zero-order chi connectivity index (χ0) is 36.9. The number of nitrogens with zero attached hydrogens (tertiary/aromatic N) is 1. The van der Waals surface area contributed by atoms with Gasteiger partial charge in [0.05, 0.1) is 13.2 Å². The maximum absolute atomic E-state index is 13.4. The highest BCUT2D eigenvalue weighted by molar-refractivity contribution is 7.98. The SMILES string of the molecule is CSCCC(NC(=O)CNC(=O)C(Cc1ccccc1)NC(=O)C(CC(C)C)NC(=O)C(N)CO)C(=O)NC(CCCN=C(N)N)C(=O)O. The Balaban J connectivity index is 3.02. The van der Waals surface area contributed by atoms with Gasteiger partial charge in [-0.3, -0.25) is 29.0 Å². The monoisotopic (exact) mass is 709 g/mol. The molecule has 0 saturated heterocycles. The van der Waals surface area contributed by atoms with Gasteiger partial charge in [0.25, 0.3) is 0 Å². The summed E-state index contributed by atoms with van der Waals surface area (Å²) in [6.45, 7) is 2.68. The molecule has 0 bridgehead atoms. The average molecular weight is 710 g/mol. The number of carboxylic acid groups (broad SMARTS) is 1. The van der Waals surface area contributed by atoms with Gasteiger partial charge >= 0.3 is 5.97 Å². The number of nitrogens with two attached hydrogens (primary N) is 3. The normalized spacial score (nSPS) is 13.9. The minimum Gasteiger partial charge on any atom is -0.480 e. The van der Waals surface area contributed by atoms with E-state index in [1.165, 1.54) is 11.8 Å². The quantitative estimate of drug-likeness (QED) is 0.0322. The molecule has 18 heteroatoms. The van der Waals surface area contributed by atoms with Crippen molar-refractivity contribution >= 4 is 53.2 Å². The molecule has 1 rings (SSSR count). The van der Waals surface area contributed by atoms with Crippen molar-refractivity contribution in [1.82, 2.24) is 26.6 Å². The van der Waals surface area contributed by atoms with Crippen LogP contribution in [-0.2, 0) is 35.2 Å². The number of nitrogens with one attached hydrogen (secondary N) is 5. The highest BCUT2D eigenvalue weighted by Gasteiger charge is 2.30. The highest BCUT2D eigenvalue weighted by Crippen LogP contribution is 2.09. The summed E-state index contributed by atoms with van der Waals surface area (Å²) in [4.78, 5) is 80.6. The number of thioether (sulfide) groups is 1. The minimum absolute atomic E-state index is 0.0294. The third kappa shape index (κ3) is 17.5. The lowest BCUT2D eigenvalue weighted by molar-refractivity contribution is -0.142. The number of carbonyl (C=O) groups excluding carboxylic acids is 5. The fourth-order valence-electron chi connectivity index (χ4n) is 4.47. The minimum atomic E-state index is -1.27. The topological polar surface area (TPSA) is 293 Å². The van der Waals surface area contributed by atoms with Crippen LogP contribution in [0.25, 0.3) is 0 Å². The molecule has 274 valence electrons. The molecular weight excluding hydrogens is 658 g/mol. The Morgan fingerprint density at radius 3 is 2.02 bits per heavy atom. The number of carbonyl (C=O) groups is 6. The molecule has 0 fully saturated rings. The Hall–Kier alpha value is -4.42. The number of hydrogen-bond acceptors (Lipinski definition) is 10. The number of amides is 5. The van der Waals surface area contributed by atoms with Crippen LogP contribution < -0.4 is 43.8 Å². The van der Waals surface area contributed by atoms with Crippen LogP contribution in [0.15, 0.2) is 35.3 Å². The average Bonchev–Trinajstić information content (AvgIpc) is 3.05. The molecule has 0 aliphatic carbocycles. The molecule has 0 radical (unpaired) electrons. The summed E-state index contributed by atoms with van der Waals surface area (Å²) in [6.07, 6.45) is 2.59. The van der Waals surface area contributed by atoms with Gasteiger partial charge in [0.2, 0.25) is 29.5 Å². The number of benzene rings is 1. The van der Waals surface area contributed by atoms with Crippen molar-refractivity contribution in [2.75, 3.05) is 31.7 Å². The molecule has 1 aromatic rings. The van der Waals surface area contributed by atoms with Crippen molar-refractivity contribution in [3.63, 3.8) is 0 Å². The first-order valence-electron chi connectivity index (χ1n) is 15.8. The molecule has 1 aromatic carbocycles. The highest BCUT2D eigenvalue weighted by atomic mass is 32.2. The Bertz CT molecular complexity index is 1260. The number of rotatable bonds is 23. The predicted octanol–water partition coefficient (Wildman–Crippen LogP) is -2.46. The molecule has 5 atom stereocenters. The first-order chi connectivity index (χ1) is 23.2. The summed E-state index contributed by atoms with van der Waals surface area (Å²) in [7, 11) is 0. The van der Waals surface area contributed by atoms with E-state index in [2.05, 4.69) is 31.6 Å². The predicted molar refractivity (Wildman–Crippen MR) is 186 cm³/mol. The number of guanidine groups is 1. The van der Waals surface area contributed by atoms with Crippen LogP contribution >= 0.6 is 11.8 Å². The van der Waals surface area contributed by atoms with Gasteiger partial charge in [-0.1, -0.05) is 44.2 Å². The molecule has 0 aliphatic heterocycles. The molecule has 0 heterocycles. The van der Waals surface area contributed by atoms with Gasteiger partial charge < -0.3 is 54.0 Å². The van der Waals surface area contributed by atoms with E-state index in [9.17, 15) is 39.0 Å². The van der Waals surface area contributed by atoms with Crippen molar-refractivity contribution in [3.05, 3.63) is 35.9 Å². The number of hydrogen-bond donors (Lipinski definition) is 10. The van der Waals surface area contributed by atoms with E-state index < -0.39 is 78.9 Å². The van der Waals surface area contributed by atoms with Crippen molar-refractivity contribution in [2.24, 2.45) is 28.1 Å². The number of aliphatic hydroxyl groups excluding tert-OH is 1. The van der Waals surface area contributed by atoms with E-state index >= 15 is 0 Å². The number of aliphatic hydroxyl groups is 1. The molecule has 0 spiro atoms. The fraction of sp³-hybridized carbons (Fsp3) is 0.581. The zero-order valence-corrected chi connectivity index (χ0v) is 29.0. The van der Waals surface area contributed by atoms with Gasteiger partial charge in [-0.2, -0.15) is 11.8 Å². The van der Waals surface area contributed by atoms with Gasteiger partial charge in [0, 0.05) is 13.0 Å². The van der Waals surface area contributed by atoms with E-state index in [-0.39, 0.29) is 50.5 Å². The molecule has 0 aliphatic rings. The van der Waals surface area contributed by atoms with Gasteiger partial charge in [0.15, 0.2) is 5.96 Å². The molecule has 17 nitrogen and oxygen atoms in total. The van der Waals surface area contributed by atoms with E-state index in [0.717, 1.165) is 0 Å². The summed E-state index contributed by atoms with van der Waals surface area (Å²) < 4.78 is 0. The second kappa shape index (κ2) is 23.0. The summed E-state index contributed by atoms with van der Waals surface area (Å²) in [5.74, 6) is -4.49. The Kier molecular flexibility index (Phi) is 20.0. The van der Waals surface area contributed by atoms with Crippen molar-refractivity contribution in [2.45, 2.75) is 76.2 Å². The smallest absolute Gasteiger partial charge is 0.326 e. The number of carboxylic acids is 1. The first-order valence-corrected chi connectivity index (χ1v) is 17.2. The van der Waals surface area contributed by atoms with E-state index in [1.807, 2.05) is 13.8 Å². The molecule has 5 amide bonds. The van der Waals surface area contributed by atoms with E-state index in [4.69, 9.17) is 17.2 Å². The molecule has 5 unspecified atom stereocenters. The lowest BCUT2D eigenvalue weighted by Gasteiger charge is -2.25. The standard InChI is InChI=1S/C31H51N9O8S/c1-18(2)14-23(39-26(43)20(32)17-41)29(46)40-24(15-19-8-5-4-6-9-19)27(44)36-16-25(42)37-21(11-13-49-3)28(45)38-22(30(47)48)10-7-12-35-31(33)34/h4-6,8-9,18,20-24,41H,7,10-17,32H2,1-3H3,(H,36,44)(H,37,42)(H,38,45)(H,39,43)(H,40,46)(H,47,48)(H4,33,34,35). The van der Waals surface area contributed by atoms with E-state index in [1.54, 1.807) is 36.6 Å². The molecular formula is C31H51N9O8S. The van der Waals surface area contributed by atoms with Crippen LogP contribution in [0, 0.1) is 5.92 Å². The van der Waals surface area contributed by atoms with Gasteiger partial charge in [-0.25, -0.2) is 4.79 Å². The van der Waals surface area contributed by atoms with Crippen LogP contribution in [0.4, 0.5) is 0 Å². The fourth-order valence-corrected chi connectivity index (χ4v) is 4.94. The maximum Gasteiger partial charge on any atom is 0.326 e. The summed E-state index contributed by atoms with van der Waals surface area (Å²) in [6, 6.07) is 3.02. The Labute approximate surface area is 290 Å². The molecule has 13 N–H and O–H groups in total. The van der Waals surface area contributed by atoms with Crippen LogP contribution in [-0.4, -0.2) is 114 Å². The largest absolute Gasteiger partial charge is 0.480 e. The van der Waals surface area contributed by atoms with Crippen molar-refractivity contribution < 1.29 is 39.0 Å². The van der Waals surface area contributed by atoms with Crippen molar-refractivity contribution in [3.8, 4) is 0 Å². The first kappa shape index (κ1) is 42.6. The van der Waals surface area contributed by atoms with Gasteiger partial charge in [0.1, 0.15) is 30.2 Å². The number of aliphatic carboxylic acids is 1. The van der Waals surface area contributed by atoms with Crippen molar-refractivity contribution in [1.29, 1.82) is 0 Å². The second-order valence-electron chi connectivity index (χ2n) is 11.7. The van der Waals surface area contributed by atoms with Gasteiger partial charge in [-0.15, -0.1) is 0 Å². The second-order valence-corrected chi connectivity index (χ2v) is 12.7. The zero-order valence-electron chi connectivity index (χ0n) is 28.1. The van der Waals surface area contributed by atoms with Crippen LogP contribution in [0.1, 0.15) is 45.1 Å². The summed E-state index contributed by atoms with van der Waals surface area (Å²) in [5, 5.41) is 31.5. The number of aliphatic imine (C=N–C) groups is 1.